The molecule has 20 heavy (non-hydrogen) atoms. The minimum absolute atomic E-state index is 0.212. The van der Waals surface area contributed by atoms with Crippen molar-refractivity contribution in [3.63, 3.8) is 0 Å². The average Bonchev–Trinajstić information content (AvgIpc) is 2.96. The summed E-state index contributed by atoms with van der Waals surface area (Å²) in [7, 11) is 0. The third-order valence-electron chi connectivity index (χ3n) is 5.25. The Morgan fingerprint density at radius 2 is 2.25 bits per heavy atom. The van der Waals surface area contributed by atoms with E-state index in [1.807, 2.05) is 13.1 Å². The molecule has 1 saturated carbocycles. The van der Waals surface area contributed by atoms with Crippen LogP contribution >= 0.6 is 0 Å². The zero-order chi connectivity index (χ0) is 15.1. The fraction of sp³-hybridized carbons (Fsp3) is 0.750. The molecule has 1 fully saturated rings. The van der Waals surface area contributed by atoms with Crippen LogP contribution in [-0.2, 0) is 0 Å². The van der Waals surface area contributed by atoms with Gasteiger partial charge in [0, 0.05) is 26.2 Å². The third kappa shape index (κ3) is 1.93. The zero-order valence-electron chi connectivity index (χ0n) is 13.6. The van der Waals surface area contributed by atoms with E-state index in [-0.39, 0.29) is 24.5 Å². The summed E-state index contributed by atoms with van der Waals surface area (Å²) in [5, 5.41) is 9.60. The first-order valence-electron chi connectivity index (χ1n) is 8.30. The van der Waals surface area contributed by atoms with Gasteiger partial charge in [0.2, 0.25) is 0 Å². The summed E-state index contributed by atoms with van der Waals surface area (Å²) < 4.78 is 10.2. The second kappa shape index (κ2) is 4.99. The van der Waals surface area contributed by atoms with Crippen molar-refractivity contribution in [3.8, 4) is 0 Å². The van der Waals surface area contributed by atoms with Crippen LogP contribution in [0, 0.1) is 24.7 Å². The minimum Gasteiger partial charge on any atom is -0.396 e. The van der Waals surface area contributed by atoms with Crippen LogP contribution in [0.2, 0.25) is 0 Å². The maximum absolute atomic E-state index is 9.60. The number of hydrogen-bond donors (Lipinski definition) is 1. The molecule has 1 aromatic heterocycles. The van der Waals surface area contributed by atoms with Crippen molar-refractivity contribution >= 4 is 12.0 Å². The Bertz CT molecular complexity index is 554. The van der Waals surface area contributed by atoms with E-state index in [4.69, 9.17) is 6.35 Å². The van der Waals surface area contributed by atoms with E-state index in [0.29, 0.717) is 18.7 Å². The van der Waals surface area contributed by atoms with E-state index in [0.717, 1.165) is 30.2 Å². The predicted octanol–water partition coefficient (Wildman–Crippen LogP) is 3.23. The highest BCUT2D eigenvalue weighted by Gasteiger charge is 2.40. The monoisotopic (exact) mass is 277 g/mol. The second-order valence-electron chi connectivity index (χ2n) is 6.45. The second-order valence-corrected chi connectivity index (χ2v) is 6.45. The van der Waals surface area contributed by atoms with Crippen molar-refractivity contribution in [3.05, 3.63) is 11.5 Å². The fourth-order valence-electron chi connectivity index (χ4n) is 3.76. The lowest BCUT2D eigenvalue weighted by atomic mass is 9.92. The van der Waals surface area contributed by atoms with Crippen molar-refractivity contribution in [2.75, 3.05) is 6.61 Å². The van der Waals surface area contributed by atoms with Crippen molar-refractivity contribution in [2.45, 2.75) is 52.5 Å². The number of aliphatic imine (C=N–C) groups is 1. The van der Waals surface area contributed by atoms with Crippen molar-refractivity contribution < 1.29 is 6.48 Å². The lowest BCUT2D eigenvalue weighted by Gasteiger charge is -2.23. The molecule has 2 heterocycles. The molecule has 5 atom stereocenters. The molecule has 4 heteroatoms. The number of imidazole rings is 1. The smallest absolute Gasteiger partial charge is 0.155 e. The molecule has 5 unspecified atom stereocenters. The molecule has 0 spiro atoms. The number of nitrogens with zero attached hydrogens (tertiary/aromatic N) is 3. The highest BCUT2D eigenvalue weighted by atomic mass is 16.3. The first kappa shape index (κ1) is 12.6. The molecule has 0 saturated heterocycles. The van der Waals surface area contributed by atoms with Crippen LogP contribution in [-0.4, -0.2) is 27.5 Å². The molecule has 1 N–H and O–H groups in total. The van der Waals surface area contributed by atoms with Gasteiger partial charge in [-0.15, -0.1) is 0 Å². The summed E-state index contributed by atoms with van der Waals surface area (Å²) in [4.78, 5) is 9.35. The van der Waals surface area contributed by atoms with Gasteiger partial charge in [0.25, 0.3) is 0 Å². The maximum atomic E-state index is 9.60. The Labute approximate surface area is 122 Å². The largest absolute Gasteiger partial charge is 0.396 e. The molecule has 0 aromatic carbocycles. The molecule has 1 aliphatic heterocycles. The summed E-state index contributed by atoms with van der Waals surface area (Å²) in [5.41, 5.74) is 1.10. The van der Waals surface area contributed by atoms with Gasteiger partial charge in [-0.3, -0.25) is 0 Å². The molecule has 2 aliphatic rings. The quantitative estimate of drug-likeness (QED) is 0.902. The van der Waals surface area contributed by atoms with Crippen molar-refractivity contribution in [1.82, 2.24) is 9.55 Å². The van der Waals surface area contributed by atoms with E-state index < -0.39 is 0 Å². The Balaban J connectivity index is 2.03. The lowest BCUT2D eigenvalue weighted by Crippen LogP contribution is -2.16. The molecule has 0 radical (unpaired) electrons. The molecule has 0 amide bonds. The van der Waals surface area contributed by atoms with E-state index in [2.05, 4.69) is 23.4 Å². The molecule has 0 bridgehead atoms. The van der Waals surface area contributed by atoms with Gasteiger partial charge < -0.3 is 9.67 Å². The molecule has 1 aromatic rings. The van der Waals surface area contributed by atoms with Gasteiger partial charge in [0.1, 0.15) is 5.82 Å². The summed E-state index contributed by atoms with van der Waals surface area (Å²) >= 11 is 0. The van der Waals surface area contributed by atoms with E-state index >= 15 is 0 Å². The van der Waals surface area contributed by atoms with Crippen LogP contribution in [0.5, 0.6) is 0 Å². The molecule has 1 aliphatic carbocycles. The number of aryl methyl sites for hydroxylation is 1. The van der Waals surface area contributed by atoms with Crippen molar-refractivity contribution in [1.29, 1.82) is 0 Å². The normalized spacial score (nSPS) is 37.0. The third-order valence-corrected chi connectivity index (χ3v) is 5.25. The van der Waals surface area contributed by atoms with Crippen LogP contribution in [0.25, 0.3) is 0 Å². The van der Waals surface area contributed by atoms with Gasteiger partial charge in [0.05, 0.1) is 5.69 Å². The molecular formula is C16H25N3O. The molecular weight excluding hydrogens is 250 g/mol. The first-order chi connectivity index (χ1) is 10.1. The number of aliphatic hydroxyl groups excluding tert-OH is 1. The van der Waals surface area contributed by atoms with Crippen LogP contribution < -0.4 is 0 Å². The van der Waals surface area contributed by atoms with Gasteiger partial charge in [-0.05, 0) is 37.5 Å². The summed E-state index contributed by atoms with van der Waals surface area (Å²) in [6, 6.07) is 0.244. The van der Waals surface area contributed by atoms with Gasteiger partial charge >= 0.3 is 0 Å². The maximum Gasteiger partial charge on any atom is 0.155 e. The Morgan fingerprint density at radius 3 is 2.95 bits per heavy atom. The Morgan fingerprint density at radius 1 is 1.45 bits per heavy atom. The number of fused-ring (bicyclic) bond motifs is 1. The van der Waals surface area contributed by atoms with Crippen LogP contribution in [0.1, 0.15) is 58.4 Å². The molecule has 4 nitrogen and oxygen atoms in total. The van der Waals surface area contributed by atoms with E-state index in [1.165, 1.54) is 0 Å². The number of aliphatic hydroxyl groups is 1. The SMILES string of the molecule is [3H]CC1C(C)C(CO)CC1n1c(C)nc2c1N=CCC2C. The number of hydrogen-bond acceptors (Lipinski definition) is 3. The number of rotatable bonds is 2. The van der Waals surface area contributed by atoms with Gasteiger partial charge in [-0.25, -0.2) is 9.98 Å². The predicted molar refractivity (Wildman–Crippen MR) is 80.7 cm³/mol. The zero-order valence-corrected chi connectivity index (χ0v) is 12.6. The first-order valence-corrected chi connectivity index (χ1v) is 7.59. The van der Waals surface area contributed by atoms with Gasteiger partial charge in [-0.1, -0.05) is 20.7 Å². The van der Waals surface area contributed by atoms with E-state index in [1.54, 1.807) is 0 Å². The summed E-state index contributed by atoms with van der Waals surface area (Å²) in [6.07, 6.45) is 3.86. The number of aromatic nitrogens is 2. The Hall–Kier alpha value is -1.16. The standard InChI is InChI=1S/C16H25N3O/c1-9-5-6-17-16-15(9)18-12(4)19(16)14-7-13(8-20)10(2)11(14)3/h6,9-11,13-14,20H,5,7-8H2,1-4H3/i3T. The molecule has 3 rings (SSSR count). The average molecular weight is 277 g/mol. The van der Waals surface area contributed by atoms with Gasteiger partial charge in [0.15, 0.2) is 5.82 Å². The van der Waals surface area contributed by atoms with Gasteiger partial charge in [-0.2, -0.15) is 0 Å². The topological polar surface area (TPSA) is 50.4 Å². The van der Waals surface area contributed by atoms with E-state index in [9.17, 15) is 5.11 Å². The minimum atomic E-state index is 0.212. The summed E-state index contributed by atoms with van der Waals surface area (Å²) in [5.74, 6) is 3.33. The Kier molecular flexibility index (Phi) is 3.14. The molecule has 110 valence electrons. The highest BCUT2D eigenvalue weighted by Crippen LogP contribution is 2.47. The van der Waals surface area contributed by atoms with Crippen LogP contribution in [0.3, 0.4) is 0 Å². The van der Waals surface area contributed by atoms with Crippen LogP contribution in [0.15, 0.2) is 4.99 Å². The lowest BCUT2D eigenvalue weighted by molar-refractivity contribution is 0.191. The summed E-state index contributed by atoms with van der Waals surface area (Å²) in [6.45, 7) is 7.01. The fourth-order valence-corrected chi connectivity index (χ4v) is 3.76. The van der Waals surface area contributed by atoms with Crippen molar-refractivity contribution in [2.24, 2.45) is 22.7 Å². The highest BCUT2D eigenvalue weighted by molar-refractivity contribution is 5.68. The van der Waals surface area contributed by atoms with Crippen LogP contribution in [0.4, 0.5) is 5.82 Å².